The molecule has 0 saturated heterocycles. The van der Waals surface area contributed by atoms with Crippen LogP contribution in [0.15, 0.2) is 47.4 Å². The molecule has 0 fully saturated rings. The number of nitro groups is 1. The van der Waals surface area contributed by atoms with Crippen LogP contribution < -0.4 is 5.73 Å². The minimum atomic E-state index is -0.435. The molecule has 0 saturated carbocycles. The van der Waals surface area contributed by atoms with Gasteiger partial charge in [-0.2, -0.15) is 0 Å². The van der Waals surface area contributed by atoms with Crippen LogP contribution in [0.3, 0.4) is 0 Å². The maximum Gasteiger partial charge on any atom is 0.286 e. The van der Waals surface area contributed by atoms with Gasteiger partial charge in [0.15, 0.2) is 0 Å². The Morgan fingerprint density at radius 1 is 0.757 bits per heavy atom. The first-order valence-corrected chi connectivity index (χ1v) is 12.6. The molecule has 0 spiro atoms. The molecule has 2 N–H and O–H groups in total. The van der Waals surface area contributed by atoms with Crippen molar-refractivity contribution in [1.82, 2.24) is 0 Å². The number of aryl methyl sites for hydroxylation is 2. The maximum absolute atomic E-state index is 12.0. The van der Waals surface area contributed by atoms with Crippen LogP contribution >= 0.6 is 12.6 Å². The van der Waals surface area contributed by atoms with Crippen LogP contribution in [-0.2, 0) is 10.8 Å². The normalized spacial score (nSPS) is 11.3. The fourth-order valence-corrected chi connectivity index (χ4v) is 4.26. The molecule has 4 nitrogen and oxygen atoms in total. The average Bonchev–Trinajstić information content (AvgIpc) is 2.77. The van der Waals surface area contributed by atoms with E-state index in [0.29, 0.717) is 11.3 Å². The lowest BCUT2D eigenvalue weighted by Crippen LogP contribution is -2.13. The molecule has 0 aliphatic heterocycles. The molecule has 0 aromatic heterocycles. The number of rotatable bonds is 1. The van der Waals surface area contributed by atoms with E-state index in [1.165, 1.54) is 6.07 Å². The molecule has 0 unspecified atom stereocenters. The first-order valence-electron chi connectivity index (χ1n) is 12.1. The van der Waals surface area contributed by atoms with Crippen molar-refractivity contribution < 1.29 is 4.92 Å². The molecule has 5 heteroatoms. The number of thiol groups is 1. The predicted molar refractivity (Wildman–Crippen MR) is 156 cm³/mol. The second-order valence-corrected chi connectivity index (χ2v) is 11.9. The lowest BCUT2D eigenvalue weighted by molar-refractivity contribution is -0.385. The van der Waals surface area contributed by atoms with Gasteiger partial charge in [-0.25, -0.2) is 0 Å². The van der Waals surface area contributed by atoms with Gasteiger partial charge in [0, 0.05) is 27.8 Å². The summed E-state index contributed by atoms with van der Waals surface area (Å²) in [7, 11) is 0. The minimum Gasteiger partial charge on any atom is -0.398 e. The van der Waals surface area contributed by atoms with E-state index in [1.54, 1.807) is 6.07 Å². The van der Waals surface area contributed by atoms with Crippen LogP contribution in [0.4, 0.5) is 11.4 Å². The Kier molecular flexibility index (Phi) is 7.82. The van der Waals surface area contributed by atoms with Crippen LogP contribution in [0.2, 0.25) is 0 Å². The molecule has 0 heterocycles. The van der Waals surface area contributed by atoms with Crippen molar-refractivity contribution in [2.75, 3.05) is 5.73 Å². The van der Waals surface area contributed by atoms with Crippen LogP contribution in [0, 0.1) is 47.6 Å². The van der Waals surface area contributed by atoms with E-state index in [0.717, 1.165) is 38.3 Å². The maximum atomic E-state index is 12.0. The average molecular weight is 511 g/mol. The van der Waals surface area contributed by atoms with E-state index in [2.05, 4.69) is 90.0 Å². The van der Waals surface area contributed by atoms with Crippen molar-refractivity contribution >= 4 is 24.0 Å². The van der Waals surface area contributed by atoms with Crippen molar-refractivity contribution in [2.24, 2.45) is 0 Å². The largest absolute Gasteiger partial charge is 0.398 e. The summed E-state index contributed by atoms with van der Waals surface area (Å²) in [5.74, 6) is 12.4. The summed E-state index contributed by atoms with van der Waals surface area (Å²) in [4.78, 5) is 12.4. The summed E-state index contributed by atoms with van der Waals surface area (Å²) in [6.45, 7) is 16.7. The molecular formula is C32H34N2O2S. The Morgan fingerprint density at radius 2 is 1.30 bits per heavy atom. The molecule has 0 bridgehead atoms. The Bertz CT molecular complexity index is 1520. The van der Waals surface area contributed by atoms with E-state index in [9.17, 15) is 10.1 Å². The molecule has 3 aromatic carbocycles. The highest BCUT2D eigenvalue weighted by atomic mass is 32.1. The summed E-state index contributed by atoms with van der Waals surface area (Å²) in [5.41, 5.74) is 12.9. The second kappa shape index (κ2) is 10.4. The van der Waals surface area contributed by atoms with Crippen LogP contribution in [-0.4, -0.2) is 4.92 Å². The molecular weight excluding hydrogens is 476 g/mol. The predicted octanol–water partition coefficient (Wildman–Crippen LogP) is 7.48. The number of hydrogen-bond donors (Lipinski definition) is 2. The zero-order chi connectivity index (χ0) is 27.7. The van der Waals surface area contributed by atoms with Gasteiger partial charge in [0.1, 0.15) is 5.56 Å². The third-order valence-electron chi connectivity index (χ3n) is 6.16. The Balaban J connectivity index is 2.13. The smallest absolute Gasteiger partial charge is 0.286 e. The van der Waals surface area contributed by atoms with Gasteiger partial charge in [-0.15, -0.1) is 12.6 Å². The molecule has 0 atom stereocenters. The summed E-state index contributed by atoms with van der Waals surface area (Å²) in [6.07, 6.45) is 0. The summed E-state index contributed by atoms with van der Waals surface area (Å²) < 4.78 is 0. The first-order chi connectivity index (χ1) is 17.1. The molecule has 190 valence electrons. The number of nitro benzene ring substituents is 1. The van der Waals surface area contributed by atoms with Crippen LogP contribution in [0.1, 0.15) is 86.1 Å². The van der Waals surface area contributed by atoms with Gasteiger partial charge in [0.2, 0.25) is 0 Å². The summed E-state index contributed by atoms with van der Waals surface area (Å²) in [6, 6.07) is 13.1. The standard InChI is InChI=1S/C32H34N2O2S/c1-20-9-14-26(31(3,4)5)22(15-20)11-13-25-17-28(33)24(18-29(25)34(35)36)12-10-23-16-21(2)30(37)19-27(23)32(6,7)8/h9,14-19,37H,33H2,1-8H3. The van der Waals surface area contributed by atoms with Gasteiger partial charge in [-0.05, 0) is 71.2 Å². The van der Waals surface area contributed by atoms with Crippen LogP contribution in [0.5, 0.6) is 0 Å². The number of benzene rings is 3. The van der Waals surface area contributed by atoms with E-state index in [-0.39, 0.29) is 22.1 Å². The van der Waals surface area contributed by atoms with Crippen LogP contribution in [0.25, 0.3) is 0 Å². The zero-order valence-electron chi connectivity index (χ0n) is 22.8. The Morgan fingerprint density at radius 3 is 1.86 bits per heavy atom. The highest BCUT2D eigenvalue weighted by molar-refractivity contribution is 7.80. The zero-order valence-corrected chi connectivity index (χ0v) is 23.7. The van der Waals surface area contributed by atoms with Crippen molar-refractivity contribution in [3.05, 3.63) is 97.1 Å². The van der Waals surface area contributed by atoms with E-state index < -0.39 is 4.92 Å². The van der Waals surface area contributed by atoms with Crippen molar-refractivity contribution in [1.29, 1.82) is 0 Å². The molecule has 3 rings (SSSR count). The van der Waals surface area contributed by atoms with Crippen molar-refractivity contribution in [2.45, 2.75) is 71.1 Å². The lowest BCUT2D eigenvalue weighted by Gasteiger charge is -2.22. The number of nitrogens with two attached hydrogens (primary N) is 1. The fourth-order valence-electron chi connectivity index (χ4n) is 4.07. The third-order valence-corrected chi connectivity index (χ3v) is 6.64. The number of nitrogens with zero attached hydrogens (tertiary/aromatic N) is 1. The van der Waals surface area contributed by atoms with Crippen molar-refractivity contribution in [3.63, 3.8) is 0 Å². The minimum absolute atomic E-state index is 0.114. The molecule has 37 heavy (non-hydrogen) atoms. The van der Waals surface area contributed by atoms with E-state index >= 15 is 0 Å². The SMILES string of the molecule is Cc1ccc(C(C)(C)C)c(C#Cc2cc(N)c(C#Cc3cc(C)c(S)cc3C(C)(C)C)cc2[N+](=O)[O-])c1. The molecule has 0 amide bonds. The highest BCUT2D eigenvalue weighted by Gasteiger charge is 2.20. The Labute approximate surface area is 226 Å². The van der Waals surface area contributed by atoms with Gasteiger partial charge in [0.25, 0.3) is 5.69 Å². The first kappa shape index (κ1) is 27.9. The summed E-state index contributed by atoms with van der Waals surface area (Å²) >= 11 is 4.57. The third kappa shape index (κ3) is 6.56. The number of hydrogen-bond acceptors (Lipinski definition) is 4. The topological polar surface area (TPSA) is 69.2 Å². The van der Waals surface area contributed by atoms with Gasteiger partial charge in [0.05, 0.1) is 10.5 Å². The quantitative estimate of drug-likeness (QED) is 0.117. The van der Waals surface area contributed by atoms with Gasteiger partial charge >= 0.3 is 0 Å². The number of anilines is 1. The lowest BCUT2D eigenvalue weighted by atomic mass is 9.83. The molecule has 0 radical (unpaired) electrons. The van der Waals surface area contributed by atoms with E-state index in [1.807, 2.05) is 32.0 Å². The monoisotopic (exact) mass is 510 g/mol. The van der Waals surface area contributed by atoms with E-state index in [4.69, 9.17) is 5.73 Å². The number of nitrogen functional groups attached to an aromatic ring is 1. The summed E-state index contributed by atoms with van der Waals surface area (Å²) in [5, 5.41) is 12.0. The highest BCUT2D eigenvalue weighted by Crippen LogP contribution is 2.31. The molecule has 0 aliphatic rings. The second-order valence-electron chi connectivity index (χ2n) is 11.4. The fraction of sp³-hybridized carbons (Fsp3) is 0.312. The van der Waals surface area contributed by atoms with Gasteiger partial charge in [-0.3, -0.25) is 10.1 Å². The van der Waals surface area contributed by atoms with Crippen molar-refractivity contribution in [3.8, 4) is 23.7 Å². The molecule has 3 aromatic rings. The molecule has 0 aliphatic carbocycles. The van der Waals surface area contributed by atoms with Gasteiger partial charge < -0.3 is 5.73 Å². The Hall–Kier alpha value is -3.67. The van der Waals surface area contributed by atoms with Gasteiger partial charge in [-0.1, -0.05) is 77.4 Å².